The first-order chi connectivity index (χ1) is 9.20. The third kappa shape index (κ3) is 3.61. The minimum Gasteiger partial charge on any atom is -0.490 e. The zero-order valence-corrected chi connectivity index (χ0v) is 10.9. The van der Waals surface area contributed by atoms with Gasteiger partial charge in [0.25, 0.3) is 0 Å². The van der Waals surface area contributed by atoms with Gasteiger partial charge < -0.3 is 19.3 Å². The van der Waals surface area contributed by atoms with Crippen LogP contribution in [0.4, 0.5) is 0 Å². The molecular formula is C14H18O5. The lowest BCUT2D eigenvalue weighted by molar-refractivity contribution is -0.146. The molecule has 0 spiro atoms. The van der Waals surface area contributed by atoms with E-state index in [0.717, 1.165) is 18.4 Å². The topological polar surface area (TPSA) is 65.0 Å². The number of benzene rings is 1. The van der Waals surface area contributed by atoms with Crippen LogP contribution in [0.25, 0.3) is 0 Å². The number of aliphatic hydroxyl groups excluding tert-OH is 1. The molecule has 19 heavy (non-hydrogen) atoms. The Hall–Kier alpha value is -1.75. The van der Waals surface area contributed by atoms with Gasteiger partial charge in [-0.3, -0.25) is 0 Å². The van der Waals surface area contributed by atoms with Crippen LogP contribution in [0.1, 0.15) is 31.4 Å². The average Bonchev–Trinajstić information content (AvgIpc) is 2.78. The second kappa shape index (κ2) is 6.43. The van der Waals surface area contributed by atoms with Crippen LogP contribution >= 0.6 is 0 Å². The van der Waals surface area contributed by atoms with Crippen LogP contribution in [0.3, 0.4) is 0 Å². The van der Waals surface area contributed by atoms with E-state index in [2.05, 4.69) is 0 Å². The molecule has 0 radical (unpaired) electrons. The van der Waals surface area contributed by atoms with Crippen LogP contribution in [0, 0.1) is 0 Å². The van der Waals surface area contributed by atoms with Gasteiger partial charge in [-0.05, 0) is 18.6 Å². The van der Waals surface area contributed by atoms with E-state index in [1.54, 1.807) is 18.2 Å². The van der Waals surface area contributed by atoms with Gasteiger partial charge in [0, 0.05) is 11.6 Å². The summed E-state index contributed by atoms with van der Waals surface area (Å²) in [6.07, 6.45) is 1.26. The summed E-state index contributed by atoms with van der Waals surface area (Å²) < 4.78 is 15.6. The van der Waals surface area contributed by atoms with E-state index >= 15 is 0 Å². The molecule has 0 aromatic heterocycles. The zero-order chi connectivity index (χ0) is 13.7. The van der Waals surface area contributed by atoms with Gasteiger partial charge in [-0.15, -0.1) is 0 Å². The first-order valence-electron chi connectivity index (χ1n) is 6.44. The van der Waals surface area contributed by atoms with Gasteiger partial charge in [-0.1, -0.05) is 13.3 Å². The number of aliphatic hydroxyl groups is 1. The highest BCUT2D eigenvalue weighted by Gasteiger charge is 2.22. The molecule has 1 unspecified atom stereocenters. The van der Waals surface area contributed by atoms with Gasteiger partial charge in [0.1, 0.15) is 24.2 Å². The Morgan fingerprint density at radius 1 is 1.53 bits per heavy atom. The Balaban J connectivity index is 1.82. The monoisotopic (exact) mass is 266 g/mol. The van der Waals surface area contributed by atoms with E-state index in [1.165, 1.54) is 0 Å². The van der Waals surface area contributed by atoms with Crippen LogP contribution in [0.5, 0.6) is 11.5 Å². The summed E-state index contributed by atoms with van der Waals surface area (Å²) in [7, 11) is 0. The molecule has 1 aromatic carbocycles. The minimum absolute atomic E-state index is 0.120. The van der Waals surface area contributed by atoms with Gasteiger partial charge >= 0.3 is 5.97 Å². The maximum absolute atomic E-state index is 11.4. The van der Waals surface area contributed by atoms with Crippen LogP contribution in [-0.2, 0) is 9.53 Å². The van der Waals surface area contributed by atoms with Crippen LogP contribution in [0.2, 0.25) is 0 Å². The highest BCUT2D eigenvalue weighted by molar-refractivity contribution is 5.71. The first-order valence-corrected chi connectivity index (χ1v) is 6.44. The molecule has 1 aliphatic heterocycles. The quantitative estimate of drug-likeness (QED) is 0.628. The standard InChI is InChI=1S/C14H18O5/c1-2-3-6-17-14(16)9-18-10-4-5-11-12(15)8-19-13(11)7-10/h4-5,7,12,15H,2-3,6,8-9H2,1H3. The second-order valence-electron chi connectivity index (χ2n) is 4.39. The van der Waals surface area contributed by atoms with Gasteiger partial charge in [0.05, 0.1) is 6.61 Å². The Morgan fingerprint density at radius 2 is 2.37 bits per heavy atom. The average molecular weight is 266 g/mol. The molecule has 1 heterocycles. The molecule has 2 rings (SSSR count). The molecule has 0 fully saturated rings. The smallest absolute Gasteiger partial charge is 0.344 e. The van der Waals surface area contributed by atoms with E-state index < -0.39 is 6.10 Å². The highest BCUT2D eigenvalue weighted by Crippen LogP contribution is 2.34. The highest BCUT2D eigenvalue weighted by atomic mass is 16.6. The molecule has 1 aromatic rings. The lowest BCUT2D eigenvalue weighted by atomic mass is 10.1. The van der Waals surface area contributed by atoms with Crippen LogP contribution < -0.4 is 9.47 Å². The molecule has 5 nitrogen and oxygen atoms in total. The number of ether oxygens (including phenoxy) is 3. The molecule has 104 valence electrons. The molecule has 0 saturated heterocycles. The van der Waals surface area contributed by atoms with Crippen molar-refractivity contribution in [2.45, 2.75) is 25.9 Å². The number of hydrogen-bond donors (Lipinski definition) is 1. The number of carbonyl (C=O) groups is 1. The number of hydrogen-bond acceptors (Lipinski definition) is 5. The normalized spacial score (nSPS) is 16.6. The van der Waals surface area contributed by atoms with E-state index in [9.17, 15) is 9.90 Å². The predicted octanol–water partition coefficient (Wildman–Crippen LogP) is 1.83. The zero-order valence-electron chi connectivity index (χ0n) is 10.9. The maximum atomic E-state index is 11.4. The van der Waals surface area contributed by atoms with Gasteiger partial charge in [-0.2, -0.15) is 0 Å². The Kier molecular flexibility index (Phi) is 4.63. The number of fused-ring (bicyclic) bond motifs is 1. The summed E-state index contributed by atoms with van der Waals surface area (Å²) in [5, 5.41) is 9.57. The molecule has 1 aliphatic rings. The van der Waals surface area contributed by atoms with E-state index in [4.69, 9.17) is 14.2 Å². The summed E-state index contributed by atoms with van der Waals surface area (Å²) in [5.41, 5.74) is 0.748. The third-order valence-electron chi connectivity index (χ3n) is 2.86. The van der Waals surface area contributed by atoms with Crippen molar-refractivity contribution < 1.29 is 24.1 Å². The fourth-order valence-corrected chi connectivity index (χ4v) is 1.78. The Labute approximate surface area is 112 Å². The van der Waals surface area contributed by atoms with Crippen LogP contribution in [-0.4, -0.2) is 30.9 Å². The van der Waals surface area contributed by atoms with Crippen molar-refractivity contribution in [3.63, 3.8) is 0 Å². The summed E-state index contributed by atoms with van der Waals surface area (Å²) >= 11 is 0. The number of unbranched alkanes of at least 4 members (excludes halogenated alkanes) is 1. The van der Waals surface area contributed by atoms with Gasteiger partial charge in [0.15, 0.2) is 6.61 Å². The molecule has 0 aliphatic carbocycles. The second-order valence-corrected chi connectivity index (χ2v) is 4.39. The van der Waals surface area contributed by atoms with E-state index in [-0.39, 0.29) is 19.2 Å². The predicted molar refractivity (Wildman–Crippen MR) is 68.3 cm³/mol. The van der Waals surface area contributed by atoms with E-state index in [1.807, 2.05) is 6.92 Å². The number of carbonyl (C=O) groups excluding carboxylic acids is 1. The molecule has 5 heteroatoms. The number of esters is 1. The largest absolute Gasteiger partial charge is 0.490 e. The molecule has 1 N–H and O–H groups in total. The van der Waals surface area contributed by atoms with Crippen molar-refractivity contribution in [2.24, 2.45) is 0 Å². The minimum atomic E-state index is -0.581. The molecule has 0 amide bonds. The van der Waals surface area contributed by atoms with Crippen molar-refractivity contribution in [1.29, 1.82) is 0 Å². The summed E-state index contributed by atoms with van der Waals surface area (Å²) in [6.45, 7) is 2.60. The third-order valence-corrected chi connectivity index (χ3v) is 2.86. The van der Waals surface area contributed by atoms with Crippen LogP contribution in [0.15, 0.2) is 18.2 Å². The fourth-order valence-electron chi connectivity index (χ4n) is 1.78. The Morgan fingerprint density at radius 3 is 3.16 bits per heavy atom. The maximum Gasteiger partial charge on any atom is 0.344 e. The summed E-state index contributed by atoms with van der Waals surface area (Å²) in [6, 6.07) is 5.12. The van der Waals surface area contributed by atoms with Crippen molar-refractivity contribution in [1.82, 2.24) is 0 Å². The fraction of sp³-hybridized carbons (Fsp3) is 0.500. The van der Waals surface area contributed by atoms with Crippen molar-refractivity contribution in [3.8, 4) is 11.5 Å². The summed E-state index contributed by atoms with van der Waals surface area (Å²) in [5.74, 6) is 0.750. The van der Waals surface area contributed by atoms with E-state index in [0.29, 0.717) is 18.1 Å². The number of rotatable bonds is 6. The van der Waals surface area contributed by atoms with Crippen molar-refractivity contribution >= 4 is 5.97 Å². The molecule has 0 saturated carbocycles. The van der Waals surface area contributed by atoms with Gasteiger partial charge in [-0.25, -0.2) is 4.79 Å². The lowest BCUT2D eigenvalue weighted by Gasteiger charge is -2.08. The summed E-state index contributed by atoms with van der Waals surface area (Å²) in [4.78, 5) is 11.4. The first kappa shape index (κ1) is 13.7. The molecule has 0 bridgehead atoms. The molecular weight excluding hydrogens is 248 g/mol. The van der Waals surface area contributed by atoms with Crippen molar-refractivity contribution in [2.75, 3.05) is 19.8 Å². The molecule has 1 atom stereocenters. The van der Waals surface area contributed by atoms with Crippen molar-refractivity contribution in [3.05, 3.63) is 23.8 Å². The lowest BCUT2D eigenvalue weighted by Crippen LogP contribution is -2.15. The SMILES string of the molecule is CCCCOC(=O)COc1ccc2c(c1)OCC2O. The van der Waals surface area contributed by atoms with Gasteiger partial charge in [0.2, 0.25) is 0 Å². The Bertz CT molecular complexity index is 443.